The number of nitrogens with zero attached hydrogens (tertiary/aromatic N) is 3. The van der Waals surface area contributed by atoms with E-state index in [1.165, 1.54) is 28.9 Å². The summed E-state index contributed by atoms with van der Waals surface area (Å²) in [4.78, 5) is 42.8. The van der Waals surface area contributed by atoms with Crippen LogP contribution < -0.4 is 5.56 Å². The van der Waals surface area contributed by atoms with E-state index < -0.39 is 15.4 Å². The van der Waals surface area contributed by atoms with Crippen LogP contribution >= 0.6 is 11.6 Å². The van der Waals surface area contributed by atoms with Crippen molar-refractivity contribution in [3.05, 3.63) is 81.4 Å². The third kappa shape index (κ3) is 3.72. The molecule has 8 nitrogen and oxygen atoms in total. The molecule has 1 aromatic carbocycles. The molecule has 0 amide bonds. The van der Waals surface area contributed by atoms with Gasteiger partial charge in [0.15, 0.2) is 27.4 Å². The Labute approximate surface area is 187 Å². The van der Waals surface area contributed by atoms with Gasteiger partial charge in [-0.15, -0.1) is 0 Å². The third-order valence-corrected chi connectivity index (χ3v) is 6.25. The Balaban J connectivity index is 1.88. The van der Waals surface area contributed by atoms with Crippen molar-refractivity contribution in [1.29, 1.82) is 0 Å². The molecule has 0 saturated heterocycles. The van der Waals surface area contributed by atoms with Gasteiger partial charge in [0.2, 0.25) is 0 Å². The molecule has 3 heterocycles. The van der Waals surface area contributed by atoms with Gasteiger partial charge >= 0.3 is 0 Å². The molecule has 10 heteroatoms. The molecule has 0 aliphatic heterocycles. The van der Waals surface area contributed by atoms with E-state index in [4.69, 9.17) is 11.6 Å². The summed E-state index contributed by atoms with van der Waals surface area (Å²) in [6.45, 7) is 0. The molecule has 0 bridgehead atoms. The van der Waals surface area contributed by atoms with Gasteiger partial charge in [0.05, 0.1) is 21.8 Å². The molecular weight excluding hydrogens is 454 g/mol. The molecule has 4 rings (SSSR count). The van der Waals surface area contributed by atoms with Crippen LogP contribution in [0.4, 0.5) is 0 Å². The van der Waals surface area contributed by atoms with Gasteiger partial charge in [-0.1, -0.05) is 29.8 Å². The van der Waals surface area contributed by atoms with Crippen LogP contribution in [0.15, 0.2) is 64.7 Å². The lowest BCUT2D eigenvalue weighted by Crippen LogP contribution is -2.18. The van der Waals surface area contributed by atoms with Crippen molar-refractivity contribution in [2.24, 2.45) is 0 Å². The second-order valence-electron chi connectivity index (χ2n) is 6.93. The lowest BCUT2D eigenvalue weighted by Gasteiger charge is -2.12. The minimum Gasteiger partial charge on any atom is -0.298 e. The summed E-state index contributed by atoms with van der Waals surface area (Å²) < 4.78 is 25.4. The van der Waals surface area contributed by atoms with Crippen molar-refractivity contribution < 1.29 is 18.0 Å². The summed E-state index contributed by atoms with van der Waals surface area (Å²) in [6, 6.07) is 11.4. The smallest absolute Gasteiger partial charge is 0.268 e. The van der Waals surface area contributed by atoms with Crippen LogP contribution in [-0.2, 0) is 9.84 Å². The molecule has 3 aromatic heterocycles. The maximum atomic E-state index is 12.3. The van der Waals surface area contributed by atoms with Crippen LogP contribution in [0.5, 0.6) is 0 Å². The molecular formula is C22H14ClN3O5S. The second-order valence-corrected chi connectivity index (χ2v) is 9.24. The van der Waals surface area contributed by atoms with Gasteiger partial charge < -0.3 is 0 Å². The van der Waals surface area contributed by atoms with Gasteiger partial charge in [-0.05, 0) is 29.8 Å². The molecule has 0 fully saturated rings. The van der Waals surface area contributed by atoms with Gasteiger partial charge in [-0.25, -0.2) is 18.4 Å². The van der Waals surface area contributed by atoms with Crippen molar-refractivity contribution in [3.8, 4) is 22.4 Å². The molecule has 0 radical (unpaired) electrons. The van der Waals surface area contributed by atoms with Crippen molar-refractivity contribution in [2.45, 2.75) is 5.03 Å². The van der Waals surface area contributed by atoms with Crippen LogP contribution in [0.2, 0.25) is 5.02 Å². The monoisotopic (exact) mass is 467 g/mol. The van der Waals surface area contributed by atoms with E-state index in [9.17, 15) is 22.8 Å². The van der Waals surface area contributed by atoms with Crippen LogP contribution in [0.1, 0.15) is 20.7 Å². The number of aldehydes is 2. The Kier molecular flexibility index (Phi) is 5.45. The molecule has 0 atom stereocenters. The predicted octanol–water partition coefficient (Wildman–Crippen LogP) is 3.11. The highest BCUT2D eigenvalue weighted by Gasteiger charge is 2.18. The molecule has 0 spiro atoms. The van der Waals surface area contributed by atoms with E-state index in [1.54, 1.807) is 30.3 Å². The number of hydrogen-bond donors (Lipinski definition) is 0. The third-order valence-electron chi connectivity index (χ3n) is 4.82. The number of sulfone groups is 1. The van der Waals surface area contributed by atoms with Crippen molar-refractivity contribution in [2.75, 3.05) is 6.26 Å². The Morgan fingerprint density at radius 1 is 1.00 bits per heavy atom. The van der Waals surface area contributed by atoms with E-state index in [0.717, 1.165) is 6.26 Å². The summed E-state index contributed by atoms with van der Waals surface area (Å²) >= 11 is 6.65. The quantitative estimate of drug-likeness (QED) is 0.414. The van der Waals surface area contributed by atoms with Gasteiger partial charge in [-0.2, -0.15) is 0 Å². The van der Waals surface area contributed by atoms with E-state index >= 15 is 0 Å². The summed E-state index contributed by atoms with van der Waals surface area (Å²) in [7, 11) is -3.74. The van der Waals surface area contributed by atoms with Crippen molar-refractivity contribution in [1.82, 2.24) is 14.4 Å². The molecule has 0 N–H and O–H groups in total. The topological polar surface area (TPSA) is 116 Å². The minimum absolute atomic E-state index is 0.0377. The predicted molar refractivity (Wildman–Crippen MR) is 119 cm³/mol. The highest BCUT2D eigenvalue weighted by Crippen LogP contribution is 2.36. The fraction of sp³-hybridized carbons (Fsp3) is 0.0455. The molecule has 4 aromatic rings. The number of halogens is 1. The molecule has 160 valence electrons. The van der Waals surface area contributed by atoms with Crippen LogP contribution in [0.3, 0.4) is 0 Å². The lowest BCUT2D eigenvalue weighted by atomic mass is 10.0. The number of aromatic nitrogens is 3. The second kappa shape index (κ2) is 8.10. The fourth-order valence-corrected chi connectivity index (χ4v) is 4.42. The summed E-state index contributed by atoms with van der Waals surface area (Å²) in [5, 5.41) is -0.0266. The largest absolute Gasteiger partial charge is 0.298 e. The minimum atomic E-state index is -3.74. The highest BCUT2D eigenvalue weighted by atomic mass is 35.5. The number of rotatable bonds is 5. The Bertz CT molecular complexity index is 1580. The average Bonchev–Trinajstić information content (AvgIpc) is 2.78. The SMILES string of the molecule is CS(=O)(=O)c1nc(-c2cccc(-c3ccn4c(=O)c(C=O)cnc4c3)c2Cl)ccc1C=O. The maximum absolute atomic E-state index is 12.3. The number of hydrogen-bond acceptors (Lipinski definition) is 7. The number of carbonyl (C=O) groups is 2. The van der Waals surface area contributed by atoms with Gasteiger partial charge in [-0.3, -0.25) is 18.8 Å². The molecule has 0 saturated carbocycles. The van der Waals surface area contributed by atoms with Gasteiger partial charge in [0.1, 0.15) is 5.65 Å². The normalized spacial score (nSPS) is 11.4. The lowest BCUT2D eigenvalue weighted by molar-refractivity contribution is 0.111. The fourth-order valence-electron chi connectivity index (χ4n) is 3.28. The average molecular weight is 468 g/mol. The Morgan fingerprint density at radius 2 is 1.72 bits per heavy atom. The zero-order valence-corrected chi connectivity index (χ0v) is 18.1. The van der Waals surface area contributed by atoms with Gasteiger partial charge in [0.25, 0.3) is 5.56 Å². The first-order valence-corrected chi connectivity index (χ1v) is 11.4. The summed E-state index contributed by atoms with van der Waals surface area (Å²) in [5.74, 6) is 0. The van der Waals surface area contributed by atoms with E-state index in [1.807, 2.05) is 0 Å². The molecule has 0 aliphatic rings. The zero-order chi connectivity index (χ0) is 23.0. The standard InChI is InChI=1S/C22H14ClN3O5S/c1-32(30,31)21-14(11-27)5-6-18(25-21)17-4-2-3-16(20(17)23)13-7-8-26-19(9-13)24-10-15(12-28)22(26)29/h2-12H,1H3. The first-order chi connectivity index (χ1) is 15.2. The first-order valence-electron chi connectivity index (χ1n) is 9.16. The first kappa shape index (κ1) is 21.5. The number of carbonyl (C=O) groups excluding carboxylic acids is 2. The molecule has 32 heavy (non-hydrogen) atoms. The molecule has 0 unspecified atom stereocenters. The highest BCUT2D eigenvalue weighted by molar-refractivity contribution is 7.90. The summed E-state index contributed by atoms with van der Waals surface area (Å²) in [6.07, 6.45) is 4.56. The van der Waals surface area contributed by atoms with E-state index in [0.29, 0.717) is 39.9 Å². The van der Waals surface area contributed by atoms with Crippen molar-refractivity contribution >= 4 is 39.7 Å². The Hall–Kier alpha value is -3.69. The number of benzene rings is 1. The van der Waals surface area contributed by atoms with E-state index in [2.05, 4.69) is 9.97 Å². The van der Waals surface area contributed by atoms with Crippen LogP contribution in [0.25, 0.3) is 28.0 Å². The maximum Gasteiger partial charge on any atom is 0.268 e. The Morgan fingerprint density at radius 3 is 2.41 bits per heavy atom. The van der Waals surface area contributed by atoms with Gasteiger partial charge in [0, 0.05) is 29.8 Å². The number of pyridine rings is 2. The number of fused-ring (bicyclic) bond motifs is 1. The van der Waals surface area contributed by atoms with Crippen LogP contribution in [0, 0.1) is 0 Å². The van der Waals surface area contributed by atoms with E-state index in [-0.39, 0.29) is 21.8 Å². The van der Waals surface area contributed by atoms with Crippen LogP contribution in [-0.4, -0.2) is 41.6 Å². The summed E-state index contributed by atoms with van der Waals surface area (Å²) in [5.41, 5.74) is 1.75. The zero-order valence-electron chi connectivity index (χ0n) is 16.5. The van der Waals surface area contributed by atoms with Crippen molar-refractivity contribution in [3.63, 3.8) is 0 Å². The molecule has 0 aliphatic carbocycles.